The Morgan fingerprint density at radius 2 is 1.15 bits per heavy atom. The number of halogens is 9. The van der Waals surface area contributed by atoms with E-state index < -0.39 is 52.8 Å². The quantitative estimate of drug-likeness (QED) is 0.503. The number of nitrogens with two attached hydrogens (primary N) is 1. The summed E-state index contributed by atoms with van der Waals surface area (Å²) in [6, 6.07) is 3.29. The first-order chi connectivity index (χ1) is 11.7. The third-order valence-electron chi connectivity index (χ3n) is 3.48. The Kier molecular flexibility index (Phi) is 4.91. The van der Waals surface area contributed by atoms with E-state index in [4.69, 9.17) is 5.73 Å². The molecular weight excluding hydrogens is 377 g/mol. The fourth-order valence-corrected chi connectivity index (χ4v) is 2.35. The molecule has 2 aromatic rings. The fraction of sp³-hybridized carbons (Fsp3) is 0.250. The van der Waals surface area contributed by atoms with Crippen molar-refractivity contribution in [1.82, 2.24) is 0 Å². The van der Waals surface area contributed by atoms with Gasteiger partial charge >= 0.3 is 18.5 Å². The van der Waals surface area contributed by atoms with Crippen LogP contribution in [0.4, 0.5) is 45.2 Å². The second kappa shape index (κ2) is 6.40. The van der Waals surface area contributed by atoms with Crippen LogP contribution >= 0.6 is 0 Å². The van der Waals surface area contributed by atoms with E-state index in [1.165, 1.54) is 0 Å². The van der Waals surface area contributed by atoms with E-state index in [2.05, 4.69) is 0 Å². The van der Waals surface area contributed by atoms with Crippen LogP contribution in [0, 0.1) is 0 Å². The second-order valence-electron chi connectivity index (χ2n) is 5.51. The van der Waals surface area contributed by atoms with Gasteiger partial charge in [-0.3, -0.25) is 0 Å². The van der Waals surface area contributed by atoms with Crippen molar-refractivity contribution in [2.75, 3.05) is 5.73 Å². The molecule has 2 rings (SSSR count). The number of rotatable bonds is 2. The summed E-state index contributed by atoms with van der Waals surface area (Å²) in [4.78, 5) is 0. The Morgan fingerprint density at radius 3 is 1.58 bits per heavy atom. The Morgan fingerprint density at radius 1 is 0.654 bits per heavy atom. The molecule has 1 nitrogen and oxygen atoms in total. The molecule has 0 aliphatic rings. The molecule has 0 saturated heterocycles. The van der Waals surface area contributed by atoms with Gasteiger partial charge in [-0.15, -0.1) is 0 Å². The highest BCUT2D eigenvalue weighted by molar-refractivity contribution is 5.48. The van der Waals surface area contributed by atoms with E-state index in [0.717, 1.165) is 12.1 Å². The Balaban J connectivity index is 2.57. The number of nitrogen functional groups attached to an aromatic ring is 1. The molecule has 26 heavy (non-hydrogen) atoms. The first-order valence-electron chi connectivity index (χ1n) is 6.92. The van der Waals surface area contributed by atoms with E-state index in [-0.39, 0.29) is 11.8 Å². The highest BCUT2D eigenvalue weighted by Crippen LogP contribution is 2.38. The van der Waals surface area contributed by atoms with Gasteiger partial charge in [0.15, 0.2) is 0 Å². The van der Waals surface area contributed by atoms with E-state index >= 15 is 0 Å². The largest absolute Gasteiger partial charge is 0.416 e. The summed E-state index contributed by atoms with van der Waals surface area (Å²) in [6.07, 6.45) is -15.8. The third kappa shape index (κ3) is 4.61. The molecule has 0 unspecified atom stereocenters. The molecule has 0 fully saturated rings. The second-order valence-corrected chi connectivity index (χ2v) is 5.51. The standard InChI is InChI=1S/C16H10F9N/c17-14(18,19)10-4-8(5-11(6-10)15(20,21)22)3-9-1-2-12(26)7-13(9)16(23,24)25/h1-2,4-7H,3,26H2. The highest BCUT2D eigenvalue weighted by atomic mass is 19.4. The van der Waals surface area contributed by atoms with Crippen molar-refractivity contribution < 1.29 is 39.5 Å². The van der Waals surface area contributed by atoms with E-state index in [9.17, 15) is 39.5 Å². The molecule has 0 aliphatic carbocycles. The minimum absolute atomic E-state index is 0.0862. The molecule has 0 atom stereocenters. The van der Waals surface area contributed by atoms with Crippen LogP contribution in [-0.4, -0.2) is 0 Å². The average molecular weight is 387 g/mol. The number of hydrogen-bond acceptors (Lipinski definition) is 1. The molecular formula is C16H10F9N. The smallest absolute Gasteiger partial charge is 0.399 e. The van der Waals surface area contributed by atoms with Crippen LogP contribution in [0.25, 0.3) is 0 Å². The average Bonchev–Trinajstić information content (AvgIpc) is 2.46. The summed E-state index contributed by atoms with van der Waals surface area (Å²) in [5.74, 6) is 0. The topological polar surface area (TPSA) is 26.0 Å². The molecule has 0 aliphatic heterocycles. The predicted octanol–water partition coefficient (Wildman–Crippen LogP) is 5.92. The van der Waals surface area contributed by atoms with Gasteiger partial charge in [0.05, 0.1) is 16.7 Å². The summed E-state index contributed by atoms with van der Waals surface area (Å²) in [6.45, 7) is 0. The number of alkyl halides is 9. The Bertz CT molecular complexity index is 769. The highest BCUT2D eigenvalue weighted by Gasteiger charge is 2.37. The van der Waals surface area contributed by atoms with E-state index in [1.54, 1.807) is 0 Å². The van der Waals surface area contributed by atoms with Crippen LogP contribution in [0.3, 0.4) is 0 Å². The maximum atomic E-state index is 13.1. The first-order valence-corrected chi connectivity index (χ1v) is 6.92. The van der Waals surface area contributed by atoms with E-state index in [0.29, 0.717) is 18.2 Å². The first kappa shape index (κ1) is 19.9. The normalized spacial score (nSPS) is 13.1. The molecule has 142 valence electrons. The molecule has 0 amide bonds. The zero-order valence-corrected chi connectivity index (χ0v) is 12.7. The summed E-state index contributed by atoms with van der Waals surface area (Å²) in [5.41, 5.74) is -0.395. The van der Waals surface area contributed by atoms with Crippen LogP contribution < -0.4 is 5.73 Å². The number of hydrogen-bond donors (Lipinski definition) is 1. The Labute approximate surface area is 141 Å². The minimum atomic E-state index is -5.08. The van der Waals surface area contributed by atoms with Gasteiger partial charge < -0.3 is 5.73 Å². The molecule has 0 aromatic heterocycles. The molecule has 10 heteroatoms. The lowest BCUT2D eigenvalue weighted by Gasteiger charge is -2.16. The van der Waals surface area contributed by atoms with Crippen molar-refractivity contribution >= 4 is 5.69 Å². The fourth-order valence-electron chi connectivity index (χ4n) is 2.35. The van der Waals surface area contributed by atoms with Crippen molar-refractivity contribution in [3.63, 3.8) is 0 Å². The lowest BCUT2D eigenvalue weighted by Crippen LogP contribution is -2.13. The van der Waals surface area contributed by atoms with Gasteiger partial charge in [0.2, 0.25) is 0 Å². The molecule has 2 N–H and O–H groups in total. The Hall–Kier alpha value is -2.39. The lowest BCUT2D eigenvalue weighted by molar-refractivity contribution is -0.143. The van der Waals surface area contributed by atoms with Gasteiger partial charge in [-0.25, -0.2) is 0 Å². The summed E-state index contributed by atoms with van der Waals surface area (Å²) in [5, 5.41) is 0. The van der Waals surface area contributed by atoms with Crippen molar-refractivity contribution in [3.05, 3.63) is 64.2 Å². The maximum Gasteiger partial charge on any atom is 0.416 e. The lowest BCUT2D eigenvalue weighted by atomic mass is 9.95. The van der Waals surface area contributed by atoms with Crippen LogP contribution in [0.15, 0.2) is 36.4 Å². The van der Waals surface area contributed by atoms with Crippen LogP contribution in [-0.2, 0) is 24.9 Å². The summed E-state index contributed by atoms with van der Waals surface area (Å²) < 4.78 is 116. The zero-order chi connectivity index (χ0) is 19.9. The predicted molar refractivity (Wildman–Crippen MR) is 75.1 cm³/mol. The molecule has 0 heterocycles. The maximum absolute atomic E-state index is 13.1. The van der Waals surface area contributed by atoms with Crippen LogP contribution in [0.1, 0.15) is 27.8 Å². The zero-order valence-electron chi connectivity index (χ0n) is 12.7. The monoisotopic (exact) mass is 387 g/mol. The molecule has 0 bridgehead atoms. The summed E-state index contributed by atoms with van der Waals surface area (Å²) in [7, 11) is 0. The number of anilines is 1. The van der Waals surface area contributed by atoms with Gasteiger partial charge in [0, 0.05) is 5.69 Å². The molecule has 0 radical (unpaired) electrons. The summed E-state index contributed by atoms with van der Waals surface area (Å²) >= 11 is 0. The van der Waals surface area contributed by atoms with Crippen molar-refractivity contribution in [3.8, 4) is 0 Å². The van der Waals surface area contributed by atoms with Gasteiger partial charge in [-0.1, -0.05) is 6.07 Å². The van der Waals surface area contributed by atoms with Crippen molar-refractivity contribution in [2.45, 2.75) is 24.9 Å². The van der Waals surface area contributed by atoms with Crippen LogP contribution in [0.2, 0.25) is 0 Å². The number of benzene rings is 2. The third-order valence-corrected chi connectivity index (χ3v) is 3.48. The van der Waals surface area contributed by atoms with Gasteiger partial charge in [0.25, 0.3) is 0 Å². The van der Waals surface area contributed by atoms with Crippen LogP contribution in [0.5, 0.6) is 0 Å². The molecule has 0 saturated carbocycles. The van der Waals surface area contributed by atoms with Gasteiger partial charge in [-0.2, -0.15) is 39.5 Å². The molecule has 0 spiro atoms. The van der Waals surface area contributed by atoms with Gasteiger partial charge in [0.1, 0.15) is 0 Å². The van der Waals surface area contributed by atoms with E-state index in [1.807, 2.05) is 0 Å². The SMILES string of the molecule is Nc1ccc(Cc2cc(C(F)(F)F)cc(C(F)(F)F)c2)c(C(F)(F)F)c1. The van der Waals surface area contributed by atoms with Crippen molar-refractivity contribution in [1.29, 1.82) is 0 Å². The van der Waals surface area contributed by atoms with Crippen molar-refractivity contribution in [2.24, 2.45) is 0 Å². The van der Waals surface area contributed by atoms with Gasteiger partial charge in [-0.05, 0) is 47.9 Å². The minimum Gasteiger partial charge on any atom is -0.399 e. The molecule has 2 aromatic carbocycles.